The van der Waals surface area contributed by atoms with Crippen LogP contribution < -0.4 is 15.4 Å². The van der Waals surface area contributed by atoms with Gasteiger partial charge in [-0.25, -0.2) is 0 Å². The quantitative estimate of drug-likeness (QED) is 0.191. The molecule has 0 aliphatic heterocycles. The number of rotatable bonds is 11. The minimum absolute atomic E-state index is 0. The fourth-order valence-electron chi connectivity index (χ4n) is 2.25. The smallest absolute Gasteiger partial charge is 0.387 e. The summed E-state index contributed by atoms with van der Waals surface area (Å²) in [5, 5.41) is 16.6. The number of hydrogen-bond donors (Lipinski definition) is 3. The molecule has 1 aromatic rings. The molecule has 26 heavy (non-hydrogen) atoms. The van der Waals surface area contributed by atoms with E-state index in [9.17, 15) is 13.9 Å². The lowest BCUT2D eigenvalue weighted by atomic mass is 10.1. The summed E-state index contributed by atoms with van der Waals surface area (Å²) < 4.78 is 28.5. The fraction of sp³-hybridized carbons (Fsp3) is 0.611. The molecular weight excluding hydrogens is 455 g/mol. The second-order valence-electron chi connectivity index (χ2n) is 5.67. The van der Waals surface area contributed by atoms with Crippen LogP contribution in [0.15, 0.2) is 29.3 Å². The maximum Gasteiger partial charge on any atom is 0.387 e. The first-order valence-electron chi connectivity index (χ1n) is 8.81. The summed E-state index contributed by atoms with van der Waals surface area (Å²) in [5.74, 6) is 0.729. The molecule has 3 N–H and O–H groups in total. The molecule has 0 heterocycles. The van der Waals surface area contributed by atoms with Gasteiger partial charge in [-0.2, -0.15) is 8.78 Å². The summed E-state index contributed by atoms with van der Waals surface area (Å²) in [6.45, 7) is 3.04. The first-order chi connectivity index (χ1) is 12.1. The maximum absolute atomic E-state index is 12.1. The van der Waals surface area contributed by atoms with Crippen molar-refractivity contribution in [2.24, 2.45) is 4.99 Å². The second-order valence-corrected chi connectivity index (χ2v) is 5.67. The molecule has 0 saturated heterocycles. The Morgan fingerprint density at radius 1 is 1.12 bits per heavy atom. The molecule has 5 nitrogen and oxygen atoms in total. The molecule has 1 unspecified atom stereocenters. The molecule has 0 bridgehead atoms. The van der Waals surface area contributed by atoms with Gasteiger partial charge < -0.3 is 20.5 Å². The fourth-order valence-corrected chi connectivity index (χ4v) is 2.25. The highest BCUT2D eigenvalue weighted by molar-refractivity contribution is 14.0. The van der Waals surface area contributed by atoms with Crippen LogP contribution in [0.2, 0.25) is 0 Å². The number of hydrogen-bond acceptors (Lipinski definition) is 3. The standard InChI is InChI=1S/C18H29F2N3O2.HI/c1-3-5-6-7-12-22-18(21-4-2)23-13-16(24)14-8-10-15(11-9-14)25-17(19)20;/h8-11,16-17,24H,3-7,12-13H2,1-2H3,(H2,21,22,23);1H. The monoisotopic (exact) mass is 485 g/mol. The number of aliphatic hydroxyl groups excluding tert-OH is 1. The zero-order valence-corrected chi connectivity index (χ0v) is 17.7. The van der Waals surface area contributed by atoms with Crippen molar-refractivity contribution in [1.29, 1.82) is 0 Å². The minimum atomic E-state index is -2.86. The average Bonchev–Trinajstić information content (AvgIpc) is 2.59. The third-order valence-corrected chi connectivity index (χ3v) is 3.58. The number of ether oxygens (including phenoxy) is 1. The lowest BCUT2D eigenvalue weighted by Crippen LogP contribution is -2.38. The molecule has 0 aliphatic rings. The van der Waals surface area contributed by atoms with Crippen molar-refractivity contribution in [2.45, 2.75) is 52.2 Å². The van der Waals surface area contributed by atoms with Gasteiger partial charge in [0.25, 0.3) is 0 Å². The number of nitrogens with one attached hydrogen (secondary N) is 2. The number of aliphatic imine (C=N–C) groups is 1. The van der Waals surface area contributed by atoms with Crippen molar-refractivity contribution >= 4 is 29.9 Å². The van der Waals surface area contributed by atoms with Gasteiger partial charge >= 0.3 is 6.61 Å². The number of halogens is 3. The van der Waals surface area contributed by atoms with Crippen LogP contribution in [0.3, 0.4) is 0 Å². The number of unbranched alkanes of at least 4 members (excludes halogenated alkanes) is 3. The van der Waals surface area contributed by atoms with E-state index in [-0.39, 0.29) is 36.3 Å². The van der Waals surface area contributed by atoms with E-state index >= 15 is 0 Å². The normalized spacial score (nSPS) is 12.5. The molecule has 0 aliphatic carbocycles. The molecule has 0 radical (unpaired) electrons. The van der Waals surface area contributed by atoms with Crippen LogP contribution in [0, 0.1) is 0 Å². The molecule has 0 fully saturated rings. The molecule has 1 aromatic carbocycles. The highest BCUT2D eigenvalue weighted by Gasteiger charge is 2.09. The Labute approximate surface area is 171 Å². The Morgan fingerprint density at radius 3 is 2.38 bits per heavy atom. The zero-order chi connectivity index (χ0) is 18.5. The Balaban J connectivity index is 0.00000625. The van der Waals surface area contributed by atoms with Crippen molar-refractivity contribution in [3.8, 4) is 5.75 Å². The van der Waals surface area contributed by atoms with Gasteiger partial charge in [0.2, 0.25) is 0 Å². The van der Waals surface area contributed by atoms with E-state index in [1.54, 1.807) is 12.1 Å². The van der Waals surface area contributed by atoms with E-state index in [2.05, 4.69) is 27.3 Å². The highest BCUT2D eigenvalue weighted by Crippen LogP contribution is 2.19. The van der Waals surface area contributed by atoms with E-state index in [1.165, 1.54) is 31.4 Å². The van der Waals surface area contributed by atoms with Crippen LogP contribution in [0.4, 0.5) is 8.78 Å². The van der Waals surface area contributed by atoms with Gasteiger partial charge in [0.05, 0.1) is 12.6 Å². The van der Waals surface area contributed by atoms with Crippen LogP contribution in [-0.4, -0.2) is 37.3 Å². The van der Waals surface area contributed by atoms with Gasteiger partial charge in [-0.15, -0.1) is 24.0 Å². The first kappa shape index (κ1) is 24.8. The predicted octanol–water partition coefficient (Wildman–Crippen LogP) is 4.07. The number of nitrogens with zero attached hydrogens (tertiary/aromatic N) is 1. The van der Waals surface area contributed by atoms with E-state index in [0.717, 1.165) is 19.5 Å². The molecule has 8 heteroatoms. The molecule has 150 valence electrons. The summed E-state index contributed by atoms with van der Waals surface area (Å²) in [7, 11) is 0. The Hall–Kier alpha value is -1.16. The van der Waals surface area contributed by atoms with Crippen LogP contribution in [0.1, 0.15) is 51.2 Å². The number of guanidine groups is 1. The predicted molar refractivity (Wildman–Crippen MR) is 112 cm³/mol. The molecule has 1 atom stereocenters. The lowest BCUT2D eigenvalue weighted by molar-refractivity contribution is -0.0498. The van der Waals surface area contributed by atoms with Crippen LogP contribution in [0.25, 0.3) is 0 Å². The molecular formula is C18H30F2IN3O2. The van der Waals surface area contributed by atoms with Crippen LogP contribution in [0.5, 0.6) is 5.75 Å². The highest BCUT2D eigenvalue weighted by atomic mass is 127. The Kier molecular flexibility index (Phi) is 14.3. The van der Waals surface area contributed by atoms with Gasteiger partial charge in [0.15, 0.2) is 5.96 Å². The van der Waals surface area contributed by atoms with Crippen molar-refractivity contribution in [2.75, 3.05) is 19.6 Å². The van der Waals surface area contributed by atoms with Crippen molar-refractivity contribution in [3.05, 3.63) is 29.8 Å². The van der Waals surface area contributed by atoms with Crippen LogP contribution >= 0.6 is 24.0 Å². The molecule has 0 saturated carbocycles. The third-order valence-electron chi connectivity index (χ3n) is 3.58. The molecule has 0 aromatic heterocycles. The Morgan fingerprint density at radius 2 is 1.81 bits per heavy atom. The average molecular weight is 485 g/mol. The Bertz CT molecular complexity index is 502. The molecule has 0 spiro atoms. The molecule has 0 amide bonds. The van der Waals surface area contributed by atoms with Crippen molar-refractivity contribution in [1.82, 2.24) is 10.6 Å². The minimum Gasteiger partial charge on any atom is -0.435 e. The van der Waals surface area contributed by atoms with Crippen molar-refractivity contribution < 1.29 is 18.6 Å². The van der Waals surface area contributed by atoms with Gasteiger partial charge in [0.1, 0.15) is 5.75 Å². The van der Waals surface area contributed by atoms with Crippen molar-refractivity contribution in [3.63, 3.8) is 0 Å². The van der Waals surface area contributed by atoms with Gasteiger partial charge in [-0.3, -0.25) is 4.99 Å². The largest absolute Gasteiger partial charge is 0.435 e. The topological polar surface area (TPSA) is 65.9 Å². The number of benzene rings is 1. The van der Waals surface area contributed by atoms with Gasteiger partial charge in [-0.1, -0.05) is 38.3 Å². The SMILES string of the molecule is CCCCCCNC(=NCC(O)c1ccc(OC(F)F)cc1)NCC.I. The van der Waals surface area contributed by atoms with E-state index in [0.29, 0.717) is 11.5 Å². The number of aliphatic hydroxyl groups is 1. The molecule has 1 rings (SSSR count). The van der Waals surface area contributed by atoms with Gasteiger partial charge in [0, 0.05) is 13.1 Å². The summed E-state index contributed by atoms with van der Waals surface area (Å²) in [5.41, 5.74) is 0.601. The maximum atomic E-state index is 12.1. The summed E-state index contributed by atoms with van der Waals surface area (Å²) >= 11 is 0. The first-order valence-corrected chi connectivity index (χ1v) is 8.81. The van der Waals surface area contributed by atoms with Crippen LogP contribution in [-0.2, 0) is 0 Å². The van der Waals surface area contributed by atoms with E-state index in [1.807, 2.05) is 6.92 Å². The number of alkyl halides is 2. The summed E-state index contributed by atoms with van der Waals surface area (Å²) in [6.07, 6.45) is 3.86. The summed E-state index contributed by atoms with van der Waals surface area (Å²) in [4.78, 5) is 4.37. The van der Waals surface area contributed by atoms with E-state index < -0.39 is 12.7 Å². The third kappa shape index (κ3) is 10.7. The van der Waals surface area contributed by atoms with E-state index in [4.69, 9.17) is 0 Å². The summed E-state index contributed by atoms with van der Waals surface area (Å²) in [6, 6.07) is 5.93. The lowest BCUT2D eigenvalue weighted by Gasteiger charge is -2.13. The van der Waals surface area contributed by atoms with Gasteiger partial charge in [-0.05, 0) is 31.0 Å². The zero-order valence-electron chi connectivity index (χ0n) is 15.4. The second kappa shape index (κ2) is 15.0.